The highest BCUT2D eigenvalue weighted by Gasteiger charge is 2.05. The molecule has 0 aliphatic rings. The van der Waals surface area contributed by atoms with Crippen molar-refractivity contribution in [1.82, 2.24) is 10.0 Å². The van der Waals surface area contributed by atoms with Crippen LogP contribution in [0.5, 0.6) is 0 Å². The van der Waals surface area contributed by atoms with Crippen molar-refractivity contribution in [2.24, 2.45) is 0 Å². The van der Waals surface area contributed by atoms with Crippen LogP contribution in [-0.2, 0) is 10.0 Å². The minimum atomic E-state index is -3.06. The first-order chi connectivity index (χ1) is 7.02. The number of hydrogen-bond acceptors (Lipinski definition) is 4. The minimum Gasteiger partial charge on any atom is -0.396 e. The Balaban J connectivity index is 3.46. The van der Waals surface area contributed by atoms with Gasteiger partial charge in [0.15, 0.2) is 0 Å². The Labute approximate surface area is 92.3 Å². The molecule has 1 atom stereocenters. The van der Waals surface area contributed by atoms with E-state index in [2.05, 4.69) is 10.0 Å². The molecular formula is C9H22N2O3S. The van der Waals surface area contributed by atoms with Crippen molar-refractivity contribution < 1.29 is 13.5 Å². The van der Waals surface area contributed by atoms with Crippen LogP contribution in [0.3, 0.4) is 0 Å². The largest absolute Gasteiger partial charge is 0.396 e. The molecule has 0 saturated carbocycles. The van der Waals surface area contributed by atoms with Gasteiger partial charge in [-0.25, -0.2) is 13.1 Å². The summed E-state index contributed by atoms with van der Waals surface area (Å²) in [5, 5.41) is 11.8. The average Bonchev–Trinajstić information content (AvgIpc) is 2.21. The molecule has 0 aromatic carbocycles. The van der Waals surface area contributed by atoms with Crippen LogP contribution in [0.4, 0.5) is 0 Å². The van der Waals surface area contributed by atoms with Crippen LogP contribution in [0, 0.1) is 0 Å². The Hall–Kier alpha value is -0.170. The van der Waals surface area contributed by atoms with Crippen LogP contribution in [0.1, 0.15) is 26.7 Å². The number of sulfonamides is 1. The normalized spacial score (nSPS) is 14.1. The molecular weight excluding hydrogens is 216 g/mol. The third-order valence-corrected chi connectivity index (χ3v) is 3.52. The summed E-state index contributed by atoms with van der Waals surface area (Å²) in [6, 6.07) is 0.309. The van der Waals surface area contributed by atoms with Crippen LogP contribution >= 0.6 is 0 Å². The fourth-order valence-electron chi connectivity index (χ4n) is 1.13. The Kier molecular flexibility index (Phi) is 7.95. The molecule has 15 heavy (non-hydrogen) atoms. The SMILES string of the molecule is CCS(=O)(=O)NCCNC(C)CCCO. The first-order valence-corrected chi connectivity index (χ1v) is 6.98. The Morgan fingerprint density at radius 3 is 2.53 bits per heavy atom. The van der Waals surface area contributed by atoms with Crippen molar-refractivity contribution in [2.75, 3.05) is 25.4 Å². The van der Waals surface area contributed by atoms with Gasteiger partial charge in [0.1, 0.15) is 0 Å². The predicted molar refractivity (Wildman–Crippen MR) is 61.2 cm³/mol. The van der Waals surface area contributed by atoms with Crippen molar-refractivity contribution in [2.45, 2.75) is 32.7 Å². The molecule has 0 amide bonds. The van der Waals surface area contributed by atoms with Crippen molar-refractivity contribution in [1.29, 1.82) is 0 Å². The second-order valence-corrected chi connectivity index (χ2v) is 5.61. The van der Waals surface area contributed by atoms with E-state index in [9.17, 15) is 8.42 Å². The standard InChI is InChI=1S/C9H22N2O3S/c1-3-15(13,14)11-7-6-10-9(2)5-4-8-12/h9-12H,3-8H2,1-2H3. The summed E-state index contributed by atoms with van der Waals surface area (Å²) < 4.78 is 24.6. The predicted octanol–water partition coefficient (Wildman–Crippen LogP) is -0.324. The Morgan fingerprint density at radius 2 is 2.00 bits per heavy atom. The third kappa shape index (κ3) is 8.80. The molecule has 0 aliphatic heterocycles. The van der Waals surface area contributed by atoms with E-state index in [1.165, 1.54) is 0 Å². The fraction of sp³-hybridized carbons (Fsp3) is 1.00. The summed E-state index contributed by atoms with van der Waals surface area (Å²) in [5.74, 6) is 0.118. The first kappa shape index (κ1) is 14.8. The van der Waals surface area contributed by atoms with Crippen molar-refractivity contribution >= 4 is 10.0 Å². The van der Waals surface area contributed by atoms with Gasteiger partial charge in [0.2, 0.25) is 10.0 Å². The zero-order chi connectivity index (χ0) is 11.7. The van der Waals surface area contributed by atoms with Crippen LogP contribution in [-0.4, -0.2) is 45.0 Å². The Bertz CT molecular complexity index is 242. The van der Waals surface area contributed by atoms with E-state index >= 15 is 0 Å². The van der Waals surface area contributed by atoms with Gasteiger partial charge in [-0.2, -0.15) is 0 Å². The van der Waals surface area contributed by atoms with Crippen LogP contribution in [0.15, 0.2) is 0 Å². The summed E-state index contributed by atoms with van der Waals surface area (Å²) >= 11 is 0. The lowest BCUT2D eigenvalue weighted by atomic mass is 10.2. The molecule has 0 saturated heterocycles. The molecule has 0 heterocycles. The number of aliphatic hydroxyl groups excluding tert-OH is 1. The van der Waals surface area contributed by atoms with Gasteiger partial charge < -0.3 is 10.4 Å². The lowest BCUT2D eigenvalue weighted by molar-refractivity contribution is 0.277. The highest BCUT2D eigenvalue weighted by Crippen LogP contribution is 1.93. The molecule has 0 aromatic rings. The second-order valence-electron chi connectivity index (χ2n) is 3.52. The molecule has 0 bridgehead atoms. The summed E-state index contributed by atoms with van der Waals surface area (Å²) in [6.07, 6.45) is 1.67. The van der Waals surface area contributed by atoms with Gasteiger partial charge >= 0.3 is 0 Å². The van der Waals surface area contributed by atoms with Gasteiger partial charge in [-0.3, -0.25) is 0 Å². The lowest BCUT2D eigenvalue weighted by Gasteiger charge is -2.13. The van der Waals surface area contributed by atoms with E-state index < -0.39 is 10.0 Å². The summed E-state index contributed by atoms with van der Waals surface area (Å²) in [6.45, 7) is 4.86. The van der Waals surface area contributed by atoms with E-state index in [0.717, 1.165) is 12.8 Å². The molecule has 0 aromatic heterocycles. The number of hydrogen-bond donors (Lipinski definition) is 3. The van der Waals surface area contributed by atoms with Crippen LogP contribution in [0.25, 0.3) is 0 Å². The highest BCUT2D eigenvalue weighted by atomic mass is 32.2. The maximum Gasteiger partial charge on any atom is 0.211 e. The monoisotopic (exact) mass is 238 g/mol. The van der Waals surface area contributed by atoms with E-state index in [0.29, 0.717) is 19.1 Å². The molecule has 0 aliphatic carbocycles. The lowest BCUT2D eigenvalue weighted by Crippen LogP contribution is -2.36. The fourth-order valence-corrected chi connectivity index (χ4v) is 1.74. The minimum absolute atomic E-state index is 0.118. The van der Waals surface area contributed by atoms with E-state index in [1.54, 1.807) is 6.92 Å². The summed E-state index contributed by atoms with van der Waals surface area (Å²) in [5.41, 5.74) is 0. The third-order valence-electron chi connectivity index (χ3n) is 2.12. The molecule has 5 nitrogen and oxygen atoms in total. The van der Waals surface area contributed by atoms with Gasteiger partial charge in [-0.1, -0.05) is 0 Å². The summed E-state index contributed by atoms with van der Waals surface area (Å²) in [7, 11) is -3.06. The van der Waals surface area contributed by atoms with Gasteiger partial charge in [0.05, 0.1) is 5.75 Å². The van der Waals surface area contributed by atoms with Gasteiger partial charge in [-0.05, 0) is 26.7 Å². The van der Waals surface area contributed by atoms with Crippen LogP contribution < -0.4 is 10.0 Å². The molecule has 1 unspecified atom stereocenters. The van der Waals surface area contributed by atoms with Gasteiger partial charge in [0, 0.05) is 25.7 Å². The number of nitrogens with one attached hydrogen (secondary N) is 2. The molecule has 6 heteroatoms. The molecule has 92 valence electrons. The van der Waals surface area contributed by atoms with Crippen molar-refractivity contribution in [3.63, 3.8) is 0 Å². The molecule has 0 radical (unpaired) electrons. The zero-order valence-corrected chi connectivity index (χ0v) is 10.3. The van der Waals surface area contributed by atoms with Crippen molar-refractivity contribution in [3.8, 4) is 0 Å². The molecule has 0 fully saturated rings. The second kappa shape index (κ2) is 8.04. The smallest absolute Gasteiger partial charge is 0.211 e. The van der Waals surface area contributed by atoms with Gasteiger partial charge in [-0.15, -0.1) is 0 Å². The topological polar surface area (TPSA) is 78.4 Å². The summed E-state index contributed by atoms with van der Waals surface area (Å²) in [4.78, 5) is 0. The highest BCUT2D eigenvalue weighted by molar-refractivity contribution is 7.89. The average molecular weight is 238 g/mol. The van der Waals surface area contributed by atoms with E-state index in [1.807, 2.05) is 6.92 Å². The van der Waals surface area contributed by atoms with E-state index in [-0.39, 0.29) is 12.4 Å². The molecule has 3 N–H and O–H groups in total. The first-order valence-electron chi connectivity index (χ1n) is 5.33. The van der Waals surface area contributed by atoms with Crippen molar-refractivity contribution in [3.05, 3.63) is 0 Å². The van der Waals surface area contributed by atoms with E-state index in [4.69, 9.17) is 5.11 Å². The molecule has 0 rings (SSSR count). The Morgan fingerprint density at radius 1 is 1.33 bits per heavy atom. The van der Waals surface area contributed by atoms with Crippen LogP contribution in [0.2, 0.25) is 0 Å². The number of aliphatic hydroxyl groups is 1. The quantitative estimate of drug-likeness (QED) is 0.481. The van der Waals surface area contributed by atoms with Gasteiger partial charge in [0.25, 0.3) is 0 Å². The molecule has 0 spiro atoms. The maximum absolute atomic E-state index is 11.0. The number of rotatable bonds is 9. The maximum atomic E-state index is 11.0. The zero-order valence-electron chi connectivity index (χ0n) is 9.49.